The Morgan fingerprint density at radius 1 is 1.17 bits per heavy atom. The number of carbonyl (C=O) groups is 2. The molecule has 7 nitrogen and oxygen atoms in total. The van der Waals surface area contributed by atoms with E-state index in [4.69, 9.17) is 18.9 Å². The summed E-state index contributed by atoms with van der Waals surface area (Å²) in [6, 6.07) is 12.8. The molecule has 0 saturated carbocycles. The molecule has 0 aliphatic carbocycles. The molecule has 0 bridgehead atoms. The quantitative estimate of drug-likeness (QED) is 0.545. The highest BCUT2D eigenvalue weighted by atomic mass is 16.7. The third kappa shape index (κ3) is 5.51. The molecule has 7 heteroatoms. The van der Waals surface area contributed by atoms with Crippen molar-refractivity contribution < 1.29 is 28.5 Å². The van der Waals surface area contributed by atoms with Crippen LogP contribution in [0.1, 0.15) is 25.0 Å². The molecule has 2 aromatic rings. The average Bonchev–Trinajstić information content (AvgIpc) is 3.19. The van der Waals surface area contributed by atoms with Crippen LogP contribution in [0.5, 0.6) is 17.2 Å². The number of amides is 1. The van der Waals surface area contributed by atoms with E-state index in [9.17, 15) is 9.59 Å². The van der Waals surface area contributed by atoms with Crippen molar-refractivity contribution >= 4 is 18.0 Å². The summed E-state index contributed by atoms with van der Waals surface area (Å²) in [5, 5.41) is 2.74. The van der Waals surface area contributed by atoms with Gasteiger partial charge in [-0.15, -0.1) is 0 Å². The van der Waals surface area contributed by atoms with Gasteiger partial charge in [0.05, 0.1) is 6.61 Å². The van der Waals surface area contributed by atoms with Crippen LogP contribution in [0.3, 0.4) is 0 Å². The van der Waals surface area contributed by atoms with E-state index in [1.54, 1.807) is 18.2 Å². The van der Waals surface area contributed by atoms with E-state index in [1.165, 1.54) is 13.0 Å². The lowest BCUT2D eigenvalue weighted by molar-refractivity contribution is -0.150. The molecule has 0 spiro atoms. The van der Waals surface area contributed by atoms with Crippen molar-refractivity contribution in [2.24, 2.45) is 0 Å². The first-order chi connectivity index (χ1) is 14.1. The van der Waals surface area contributed by atoms with Crippen LogP contribution in [-0.4, -0.2) is 31.4 Å². The molecule has 1 aliphatic heterocycles. The molecule has 2 aromatic carbocycles. The van der Waals surface area contributed by atoms with E-state index in [0.29, 0.717) is 23.9 Å². The molecule has 3 rings (SSSR count). The fraction of sp³-hybridized carbons (Fsp3) is 0.273. The number of rotatable bonds is 8. The zero-order valence-electron chi connectivity index (χ0n) is 16.3. The van der Waals surface area contributed by atoms with E-state index in [2.05, 4.69) is 5.32 Å². The Bertz CT molecular complexity index is 908. The first-order valence-electron chi connectivity index (χ1n) is 9.33. The number of nitrogens with one attached hydrogen (secondary N) is 1. The number of para-hydroxylation sites is 1. The summed E-state index contributed by atoms with van der Waals surface area (Å²) >= 11 is 0. The molecule has 0 aromatic heterocycles. The van der Waals surface area contributed by atoms with Crippen LogP contribution in [0.2, 0.25) is 0 Å². The minimum Gasteiger partial charge on any atom is -0.493 e. The van der Waals surface area contributed by atoms with Crippen LogP contribution >= 0.6 is 0 Å². The number of hydrogen-bond donors (Lipinski definition) is 1. The number of hydrogen-bond acceptors (Lipinski definition) is 6. The number of esters is 1. The summed E-state index contributed by atoms with van der Waals surface area (Å²) in [5.41, 5.74) is 1.61. The second-order valence-corrected chi connectivity index (χ2v) is 6.29. The summed E-state index contributed by atoms with van der Waals surface area (Å²) < 4.78 is 21.2. The standard InChI is InChI=1S/C22H23NO6/c1-3-26-18-7-5-4-6-17(18)9-11-21(24)29-15(2)22(25)23-13-16-8-10-19-20(12-16)28-14-27-19/h4-12,15H,3,13-14H2,1-2H3,(H,23,25)/b11-9+/t15-/m1/s1. The number of benzene rings is 2. The van der Waals surface area contributed by atoms with Crippen molar-refractivity contribution in [1.29, 1.82) is 0 Å². The van der Waals surface area contributed by atoms with Gasteiger partial charge in [0, 0.05) is 18.2 Å². The van der Waals surface area contributed by atoms with Crippen molar-refractivity contribution in [2.75, 3.05) is 13.4 Å². The highest BCUT2D eigenvalue weighted by Crippen LogP contribution is 2.32. The van der Waals surface area contributed by atoms with Crippen molar-refractivity contribution in [3.8, 4) is 17.2 Å². The molecular formula is C22H23NO6. The van der Waals surface area contributed by atoms with E-state index in [-0.39, 0.29) is 19.2 Å². The molecule has 29 heavy (non-hydrogen) atoms. The predicted octanol–water partition coefficient (Wildman–Crippen LogP) is 3.08. The van der Waals surface area contributed by atoms with Gasteiger partial charge in [0.1, 0.15) is 5.75 Å². The highest BCUT2D eigenvalue weighted by Gasteiger charge is 2.17. The Hall–Kier alpha value is -3.48. The summed E-state index contributed by atoms with van der Waals surface area (Å²) in [6.45, 7) is 4.42. The van der Waals surface area contributed by atoms with Gasteiger partial charge in [0.25, 0.3) is 5.91 Å². The minimum atomic E-state index is -0.928. The lowest BCUT2D eigenvalue weighted by Gasteiger charge is -2.12. The van der Waals surface area contributed by atoms with Crippen molar-refractivity contribution in [2.45, 2.75) is 26.5 Å². The molecule has 1 amide bonds. The smallest absolute Gasteiger partial charge is 0.331 e. The van der Waals surface area contributed by atoms with Crippen molar-refractivity contribution in [1.82, 2.24) is 5.32 Å². The molecule has 1 aliphatic rings. The Morgan fingerprint density at radius 2 is 1.97 bits per heavy atom. The first kappa shape index (κ1) is 20.3. The third-order valence-corrected chi connectivity index (χ3v) is 4.18. The Kier molecular flexibility index (Phi) is 6.73. The van der Waals surface area contributed by atoms with E-state index < -0.39 is 12.1 Å². The van der Waals surface area contributed by atoms with E-state index >= 15 is 0 Å². The number of carbonyl (C=O) groups excluding carboxylic acids is 2. The van der Waals surface area contributed by atoms with Gasteiger partial charge in [-0.25, -0.2) is 4.79 Å². The van der Waals surface area contributed by atoms with Crippen LogP contribution in [0, 0.1) is 0 Å². The average molecular weight is 397 g/mol. The summed E-state index contributed by atoms with van der Waals surface area (Å²) in [5.74, 6) is 1.00. The zero-order chi connectivity index (χ0) is 20.6. The SMILES string of the molecule is CCOc1ccccc1/C=C/C(=O)O[C@H](C)C(=O)NCc1ccc2c(c1)OCO2. The summed E-state index contributed by atoms with van der Waals surface area (Å²) in [4.78, 5) is 24.3. The van der Waals surface area contributed by atoms with Crippen molar-refractivity contribution in [3.05, 3.63) is 59.7 Å². The zero-order valence-corrected chi connectivity index (χ0v) is 16.3. The summed E-state index contributed by atoms with van der Waals surface area (Å²) in [7, 11) is 0. The minimum absolute atomic E-state index is 0.195. The topological polar surface area (TPSA) is 83.1 Å². The molecular weight excluding hydrogens is 374 g/mol. The van der Waals surface area contributed by atoms with Crippen LogP contribution in [0.15, 0.2) is 48.5 Å². The number of fused-ring (bicyclic) bond motifs is 1. The van der Waals surface area contributed by atoms with E-state index in [0.717, 1.165) is 11.1 Å². The molecule has 0 saturated heterocycles. The van der Waals surface area contributed by atoms with Crippen LogP contribution in [0.4, 0.5) is 0 Å². The van der Waals surface area contributed by atoms with Gasteiger partial charge in [-0.2, -0.15) is 0 Å². The van der Waals surface area contributed by atoms with Gasteiger partial charge in [0.2, 0.25) is 6.79 Å². The van der Waals surface area contributed by atoms with Gasteiger partial charge in [-0.1, -0.05) is 24.3 Å². The first-order valence-corrected chi connectivity index (χ1v) is 9.33. The largest absolute Gasteiger partial charge is 0.493 e. The maximum atomic E-state index is 12.2. The molecule has 1 heterocycles. The third-order valence-electron chi connectivity index (χ3n) is 4.18. The van der Waals surface area contributed by atoms with Gasteiger partial charge in [-0.05, 0) is 43.7 Å². The molecule has 1 atom stereocenters. The van der Waals surface area contributed by atoms with Crippen LogP contribution in [-0.2, 0) is 20.9 Å². The molecule has 1 N–H and O–H groups in total. The lowest BCUT2D eigenvalue weighted by atomic mass is 10.2. The van der Waals surface area contributed by atoms with Gasteiger partial charge in [0.15, 0.2) is 17.6 Å². The fourth-order valence-corrected chi connectivity index (χ4v) is 2.71. The molecule has 0 fully saturated rings. The van der Waals surface area contributed by atoms with Gasteiger partial charge >= 0.3 is 5.97 Å². The fourth-order valence-electron chi connectivity index (χ4n) is 2.71. The second-order valence-electron chi connectivity index (χ2n) is 6.29. The highest BCUT2D eigenvalue weighted by molar-refractivity contribution is 5.90. The predicted molar refractivity (Wildman–Crippen MR) is 107 cm³/mol. The maximum Gasteiger partial charge on any atom is 0.331 e. The maximum absolute atomic E-state index is 12.2. The Labute approximate surface area is 169 Å². The lowest BCUT2D eigenvalue weighted by Crippen LogP contribution is -2.35. The Balaban J connectivity index is 1.49. The van der Waals surface area contributed by atoms with Gasteiger partial charge < -0.3 is 24.3 Å². The van der Waals surface area contributed by atoms with Crippen LogP contribution in [0.25, 0.3) is 6.08 Å². The monoisotopic (exact) mass is 397 g/mol. The van der Waals surface area contributed by atoms with Crippen LogP contribution < -0.4 is 19.5 Å². The normalized spacial score (nSPS) is 13.2. The molecule has 152 valence electrons. The van der Waals surface area contributed by atoms with E-state index in [1.807, 2.05) is 37.3 Å². The molecule has 0 radical (unpaired) electrons. The van der Waals surface area contributed by atoms with Gasteiger partial charge in [-0.3, -0.25) is 4.79 Å². The second kappa shape index (κ2) is 9.64. The molecule has 0 unspecified atom stereocenters. The van der Waals surface area contributed by atoms with Crippen molar-refractivity contribution in [3.63, 3.8) is 0 Å². The summed E-state index contributed by atoms with van der Waals surface area (Å²) in [6.07, 6.45) is 1.95. The Morgan fingerprint density at radius 3 is 2.79 bits per heavy atom. The number of ether oxygens (including phenoxy) is 4.